The Morgan fingerprint density at radius 1 is 1.12 bits per heavy atom. The Morgan fingerprint density at radius 2 is 1.91 bits per heavy atom. The van der Waals surface area contributed by atoms with Crippen LogP contribution in [0.1, 0.15) is 11.3 Å². The van der Waals surface area contributed by atoms with E-state index in [2.05, 4.69) is 0 Å². The first-order valence-corrected chi connectivity index (χ1v) is 10.2. The van der Waals surface area contributed by atoms with Gasteiger partial charge in [0.25, 0.3) is 5.56 Å². The van der Waals surface area contributed by atoms with E-state index in [9.17, 15) is 18.4 Å². The molecule has 0 aliphatic rings. The molecule has 4 aromatic rings. The summed E-state index contributed by atoms with van der Waals surface area (Å²) < 4.78 is 35.7. The average Bonchev–Trinajstić information content (AvgIpc) is 3.03. The smallest absolute Gasteiger partial charge is 0.325 e. The van der Waals surface area contributed by atoms with Crippen LogP contribution in [-0.4, -0.2) is 22.2 Å². The number of nitrogens with zero attached hydrogens (tertiary/aromatic N) is 2. The molecule has 0 saturated carbocycles. The normalized spacial score (nSPS) is 11.2. The molecule has 32 heavy (non-hydrogen) atoms. The highest BCUT2D eigenvalue weighted by molar-refractivity contribution is 6.31. The fourth-order valence-electron chi connectivity index (χ4n) is 3.87. The van der Waals surface area contributed by atoms with Crippen LogP contribution >= 0.6 is 11.6 Å². The lowest BCUT2D eigenvalue weighted by molar-refractivity contribution is -0.141. The summed E-state index contributed by atoms with van der Waals surface area (Å²) in [7, 11) is 1.32. The van der Waals surface area contributed by atoms with Gasteiger partial charge >= 0.3 is 5.97 Å². The lowest BCUT2D eigenvalue weighted by Gasteiger charge is -2.11. The Kier molecular flexibility index (Phi) is 5.84. The van der Waals surface area contributed by atoms with Crippen LogP contribution in [0.3, 0.4) is 0 Å². The maximum atomic E-state index is 14.2. The van der Waals surface area contributed by atoms with Crippen molar-refractivity contribution in [3.05, 3.63) is 93.0 Å². The molecule has 0 aliphatic carbocycles. The lowest BCUT2D eigenvalue weighted by Crippen LogP contribution is -2.20. The first-order valence-electron chi connectivity index (χ1n) is 9.79. The first kappa shape index (κ1) is 21.8. The first-order chi connectivity index (χ1) is 15.3. The number of pyridine rings is 1. The number of hydrogen-bond donors (Lipinski definition) is 0. The molecule has 0 aliphatic heterocycles. The number of carbonyl (C=O) groups is 1. The minimum absolute atomic E-state index is 0.00854. The number of fused-ring (bicyclic) bond motifs is 1. The molecule has 2 heterocycles. The summed E-state index contributed by atoms with van der Waals surface area (Å²) in [6.45, 7) is 1.74. The summed E-state index contributed by atoms with van der Waals surface area (Å²) in [6.07, 6.45) is 1.60. The summed E-state index contributed by atoms with van der Waals surface area (Å²) in [5, 5.41) is 1.31. The van der Waals surface area contributed by atoms with Gasteiger partial charge in [-0.1, -0.05) is 23.7 Å². The highest BCUT2D eigenvalue weighted by Crippen LogP contribution is 2.36. The second kappa shape index (κ2) is 8.59. The number of esters is 1. The standard InChI is InChI=1S/C24H19ClF2N2O3/c1-14-23(18-10-17(25)7-8-20(18)29(14)13-22(31)32-2)15-6-9-21(30)28(11-15)12-16-4-3-5-19(26)24(16)27/h3-11H,12-13H2,1-2H3. The van der Waals surface area contributed by atoms with Crippen LogP contribution in [0.4, 0.5) is 8.78 Å². The molecule has 4 rings (SSSR count). The van der Waals surface area contributed by atoms with Crippen LogP contribution < -0.4 is 5.56 Å². The molecular formula is C24H19ClF2N2O3. The van der Waals surface area contributed by atoms with Crippen LogP contribution in [0.5, 0.6) is 0 Å². The summed E-state index contributed by atoms with van der Waals surface area (Å²) >= 11 is 6.24. The van der Waals surface area contributed by atoms with Crippen molar-refractivity contribution in [2.75, 3.05) is 7.11 Å². The van der Waals surface area contributed by atoms with Crippen molar-refractivity contribution < 1.29 is 18.3 Å². The molecule has 0 atom stereocenters. The number of hydrogen-bond acceptors (Lipinski definition) is 3. The van der Waals surface area contributed by atoms with E-state index < -0.39 is 17.6 Å². The molecule has 5 nitrogen and oxygen atoms in total. The van der Waals surface area contributed by atoms with Gasteiger partial charge in [-0.25, -0.2) is 8.78 Å². The highest BCUT2D eigenvalue weighted by atomic mass is 35.5. The SMILES string of the molecule is COC(=O)Cn1c(C)c(-c2ccc(=O)n(Cc3cccc(F)c3F)c2)c2cc(Cl)ccc21. The van der Waals surface area contributed by atoms with Gasteiger partial charge in [0.2, 0.25) is 0 Å². The third kappa shape index (κ3) is 3.91. The van der Waals surface area contributed by atoms with Gasteiger partial charge in [-0.2, -0.15) is 0 Å². The van der Waals surface area contributed by atoms with Gasteiger partial charge < -0.3 is 13.9 Å². The fraction of sp³-hybridized carbons (Fsp3) is 0.167. The summed E-state index contributed by atoms with van der Waals surface area (Å²) in [4.78, 5) is 24.4. The van der Waals surface area contributed by atoms with Crippen LogP contribution in [0.25, 0.3) is 22.0 Å². The van der Waals surface area contributed by atoms with Crippen molar-refractivity contribution in [2.45, 2.75) is 20.0 Å². The molecule has 164 valence electrons. The zero-order valence-corrected chi connectivity index (χ0v) is 18.1. The molecule has 0 spiro atoms. The fourth-order valence-corrected chi connectivity index (χ4v) is 4.05. The molecule has 0 saturated heterocycles. The number of methoxy groups -OCH3 is 1. The molecule has 0 N–H and O–H groups in total. The third-order valence-electron chi connectivity index (χ3n) is 5.44. The van der Waals surface area contributed by atoms with Gasteiger partial charge in [0.1, 0.15) is 6.54 Å². The van der Waals surface area contributed by atoms with E-state index in [1.54, 1.807) is 24.4 Å². The quantitative estimate of drug-likeness (QED) is 0.400. The lowest BCUT2D eigenvalue weighted by atomic mass is 10.0. The Labute approximate surface area is 187 Å². The minimum Gasteiger partial charge on any atom is -0.468 e. The van der Waals surface area contributed by atoms with E-state index in [4.69, 9.17) is 16.3 Å². The molecule has 8 heteroatoms. The van der Waals surface area contributed by atoms with Gasteiger partial charge in [0.05, 0.1) is 13.7 Å². The van der Waals surface area contributed by atoms with E-state index in [1.165, 1.54) is 29.9 Å². The van der Waals surface area contributed by atoms with E-state index in [0.717, 1.165) is 28.2 Å². The van der Waals surface area contributed by atoms with Crippen molar-refractivity contribution >= 4 is 28.5 Å². The zero-order valence-electron chi connectivity index (χ0n) is 17.4. The maximum absolute atomic E-state index is 14.2. The van der Waals surface area contributed by atoms with E-state index in [0.29, 0.717) is 10.6 Å². The second-order valence-corrected chi connectivity index (χ2v) is 7.82. The maximum Gasteiger partial charge on any atom is 0.325 e. The average molecular weight is 457 g/mol. The third-order valence-corrected chi connectivity index (χ3v) is 5.68. The number of halogens is 3. The molecule has 0 radical (unpaired) electrons. The number of benzene rings is 2. The molecule has 0 amide bonds. The monoisotopic (exact) mass is 456 g/mol. The summed E-state index contributed by atoms with van der Waals surface area (Å²) in [5.74, 6) is -2.36. The topological polar surface area (TPSA) is 53.2 Å². The Balaban J connectivity index is 1.88. The summed E-state index contributed by atoms with van der Waals surface area (Å²) in [6, 6.07) is 12.2. The molecule has 0 bridgehead atoms. The number of carbonyl (C=O) groups excluding carboxylic acids is 1. The zero-order chi connectivity index (χ0) is 23.0. The number of aromatic nitrogens is 2. The van der Waals surface area contributed by atoms with Crippen LogP contribution in [0.2, 0.25) is 5.02 Å². The van der Waals surface area contributed by atoms with Crippen LogP contribution in [-0.2, 0) is 22.6 Å². The molecule has 0 unspecified atom stereocenters. The minimum atomic E-state index is -0.984. The van der Waals surface area contributed by atoms with Crippen molar-refractivity contribution in [1.82, 2.24) is 9.13 Å². The van der Waals surface area contributed by atoms with Gasteiger partial charge in [0.15, 0.2) is 11.6 Å². The Bertz CT molecular complexity index is 1410. The molecular weight excluding hydrogens is 438 g/mol. The number of ether oxygens (including phenoxy) is 1. The van der Waals surface area contributed by atoms with Crippen molar-refractivity contribution in [3.8, 4) is 11.1 Å². The van der Waals surface area contributed by atoms with E-state index >= 15 is 0 Å². The Hall–Kier alpha value is -3.45. The van der Waals surface area contributed by atoms with Gasteiger partial charge in [0, 0.05) is 50.6 Å². The second-order valence-electron chi connectivity index (χ2n) is 7.38. The van der Waals surface area contributed by atoms with Crippen molar-refractivity contribution in [1.29, 1.82) is 0 Å². The molecule has 0 fully saturated rings. The van der Waals surface area contributed by atoms with Gasteiger partial charge in [-0.05, 0) is 37.3 Å². The van der Waals surface area contributed by atoms with E-state index in [-0.39, 0.29) is 24.2 Å². The predicted molar refractivity (Wildman–Crippen MR) is 119 cm³/mol. The Morgan fingerprint density at radius 3 is 2.66 bits per heavy atom. The predicted octanol–water partition coefficient (Wildman–Crippen LogP) is 4.93. The van der Waals surface area contributed by atoms with Gasteiger partial charge in [-0.15, -0.1) is 0 Å². The van der Waals surface area contributed by atoms with Crippen molar-refractivity contribution in [2.24, 2.45) is 0 Å². The van der Waals surface area contributed by atoms with Crippen molar-refractivity contribution in [3.63, 3.8) is 0 Å². The van der Waals surface area contributed by atoms with Gasteiger partial charge in [-0.3, -0.25) is 9.59 Å². The largest absolute Gasteiger partial charge is 0.468 e. The molecule has 2 aromatic heterocycles. The number of rotatable bonds is 5. The summed E-state index contributed by atoms with van der Waals surface area (Å²) in [5.41, 5.74) is 2.72. The molecule has 2 aromatic carbocycles. The van der Waals surface area contributed by atoms with Crippen LogP contribution in [0, 0.1) is 18.6 Å². The highest BCUT2D eigenvalue weighted by Gasteiger charge is 2.19. The van der Waals surface area contributed by atoms with Crippen LogP contribution in [0.15, 0.2) is 59.5 Å². The van der Waals surface area contributed by atoms with E-state index in [1.807, 2.05) is 17.6 Å².